The van der Waals surface area contributed by atoms with E-state index in [1.54, 1.807) is 13.0 Å². The van der Waals surface area contributed by atoms with Crippen LogP contribution in [0, 0.1) is 10.1 Å². The molecular weight excluding hydrogens is 264 g/mol. The lowest BCUT2D eigenvalue weighted by molar-refractivity contribution is -0.385. The number of amides is 1. The van der Waals surface area contributed by atoms with Gasteiger partial charge in [0.05, 0.1) is 10.5 Å². The maximum atomic E-state index is 11.5. The van der Waals surface area contributed by atoms with E-state index in [9.17, 15) is 19.7 Å². The molecule has 1 amide bonds. The zero-order valence-electron chi connectivity index (χ0n) is 10.8. The van der Waals surface area contributed by atoms with Gasteiger partial charge in [0.1, 0.15) is 6.04 Å². The van der Waals surface area contributed by atoms with E-state index in [1.165, 1.54) is 24.3 Å². The van der Waals surface area contributed by atoms with Gasteiger partial charge in [-0.25, -0.2) is 4.79 Å². The first-order valence-electron chi connectivity index (χ1n) is 5.90. The topological polar surface area (TPSA) is 110 Å². The second-order valence-electron chi connectivity index (χ2n) is 3.96. The molecule has 1 rings (SSSR count). The summed E-state index contributed by atoms with van der Waals surface area (Å²) in [5.41, 5.74) is 0.151. The highest BCUT2D eigenvalue weighted by atomic mass is 16.6. The first kappa shape index (κ1) is 15.4. The summed E-state index contributed by atoms with van der Waals surface area (Å²) < 4.78 is 0. The molecule has 0 heterocycles. The van der Waals surface area contributed by atoms with E-state index >= 15 is 0 Å². The second-order valence-corrected chi connectivity index (χ2v) is 3.96. The highest BCUT2D eigenvalue weighted by Crippen LogP contribution is 2.18. The molecular formula is C13H14N2O5. The Labute approximate surface area is 115 Å². The smallest absolute Gasteiger partial charge is 0.326 e. The number of carbonyl (C=O) groups excluding carboxylic acids is 1. The van der Waals surface area contributed by atoms with Crippen LogP contribution in [0.4, 0.5) is 5.69 Å². The van der Waals surface area contributed by atoms with Crippen molar-refractivity contribution in [2.45, 2.75) is 19.4 Å². The number of carboxylic acid groups (broad SMARTS) is 1. The SMILES string of the molecule is CC[C@H](NC(=O)/C=C/c1ccccc1[N+](=O)[O-])C(=O)O. The zero-order chi connectivity index (χ0) is 15.1. The largest absolute Gasteiger partial charge is 0.480 e. The van der Waals surface area contributed by atoms with Crippen LogP contribution in [0.15, 0.2) is 30.3 Å². The summed E-state index contributed by atoms with van der Waals surface area (Å²) in [7, 11) is 0. The van der Waals surface area contributed by atoms with Gasteiger partial charge in [-0.05, 0) is 18.6 Å². The summed E-state index contributed by atoms with van der Waals surface area (Å²) in [6.45, 7) is 1.63. The molecule has 0 aliphatic heterocycles. The molecule has 7 nitrogen and oxygen atoms in total. The van der Waals surface area contributed by atoms with Crippen molar-refractivity contribution in [3.63, 3.8) is 0 Å². The van der Waals surface area contributed by atoms with Crippen molar-refractivity contribution in [2.75, 3.05) is 0 Å². The van der Waals surface area contributed by atoms with Crippen molar-refractivity contribution in [1.82, 2.24) is 5.32 Å². The maximum Gasteiger partial charge on any atom is 0.326 e. The molecule has 0 radical (unpaired) electrons. The Bertz CT molecular complexity index is 553. The minimum absolute atomic E-state index is 0.123. The van der Waals surface area contributed by atoms with Gasteiger partial charge in [0, 0.05) is 12.1 Å². The number of carboxylic acids is 1. The highest BCUT2D eigenvalue weighted by Gasteiger charge is 2.16. The lowest BCUT2D eigenvalue weighted by atomic mass is 10.1. The molecule has 0 aromatic heterocycles. The first-order chi connectivity index (χ1) is 9.45. The number of benzene rings is 1. The summed E-state index contributed by atoms with van der Waals surface area (Å²) in [5, 5.41) is 21.9. The van der Waals surface area contributed by atoms with Crippen molar-refractivity contribution in [3.05, 3.63) is 46.0 Å². The van der Waals surface area contributed by atoms with Crippen LogP contribution in [-0.2, 0) is 9.59 Å². The standard InChI is InChI=1S/C13H14N2O5/c1-2-10(13(17)18)14-12(16)8-7-9-5-3-4-6-11(9)15(19)20/h3-8,10H,2H2,1H3,(H,14,16)(H,17,18)/b8-7+/t10-/m0/s1. The fourth-order valence-corrected chi connectivity index (χ4v) is 1.52. The first-order valence-corrected chi connectivity index (χ1v) is 5.90. The number of hydrogen-bond acceptors (Lipinski definition) is 4. The molecule has 0 spiro atoms. The molecule has 0 aliphatic carbocycles. The molecule has 106 valence electrons. The number of nitrogens with one attached hydrogen (secondary N) is 1. The molecule has 0 saturated heterocycles. The Morgan fingerprint density at radius 3 is 2.65 bits per heavy atom. The van der Waals surface area contributed by atoms with Gasteiger partial charge in [-0.1, -0.05) is 19.1 Å². The number of carbonyl (C=O) groups is 2. The third-order valence-electron chi connectivity index (χ3n) is 2.57. The lowest BCUT2D eigenvalue weighted by Gasteiger charge is -2.09. The van der Waals surface area contributed by atoms with Crippen LogP contribution in [-0.4, -0.2) is 27.9 Å². The van der Waals surface area contributed by atoms with Crippen molar-refractivity contribution in [3.8, 4) is 0 Å². The predicted octanol–water partition coefficient (Wildman–Crippen LogP) is 1.59. The van der Waals surface area contributed by atoms with Crippen LogP contribution in [0.2, 0.25) is 0 Å². The quantitative estimate of drug-likeness (QED) is 0.466. The van der Waals surface area contributed by atoms with Crippen molar-refractivity contribution < 1.29 is 19.6 Å². The molecule has 7 heteroatoms. The Kier molecular flexibility index (Phi) is 5.40. The predicted molar refractivity (Wildman–Crippen MR) is 72.0 cm³/mol. The summed E-state index contributed by atoms with van der Waals surface area (Å²) in [6, 6.07) is 4.97. The minimum atomic E-state index is -1.13. The van der Waals surface area contributed by atoms with Crippen molar-refractivity contribution in [1.29, 1.82) is 0 Å². The van der Waals surface area contributed by atoms with Gasteiger partial charge in [0.25, 0.3) is 5.69 Å². The van der Waals surface area contributed by atoms with Gasteiger partial charge in [0.2, 0.25) is 5.91 Å². The van der Waals surface area contributed by atoms with Crippen molar-refractivity contribution >= 4 is 23.6 Å². The van der Waals surface area contributed by atoms with Crippen LogP contribution in [0.5, 0.6) is 0 Å². The summed E-state index contributed by atoms with van der Waals surface area (Å²) in [6.07, 6.45) is 2.61. The fraction of sp³-hybridized carbons (Fsp3) is 0.231. The summed E-state index contributed by atoms with van der Waals surface area (Å²) in [4.78, 5) is 32.5. The third kappa shape index (κ3) is 4.20. The van der Waals surface area contributed by atoms with E-state index < -0.39 is 22.8 Å². The van der Waals surface area contributed by atoms with Crippen LogP contribution in [0.1, 0.15) is 18.9 Å². The molecule has 2 N–H and O–H groups in total. The molecule has 0 bridgehead atoms. The average molecular weight is 278 g/mol. The fourth-order valence-electron chi connectivity index (χ4n) is 1.52. The lowest BCUT2D eigenvalue weighted by Crippen LogP contribution is -2.39. The van der Waals surface area contributed by atoms with Gasteiger partial charge >= 0.3 is 5.97 Å². The van der Waals surface area contributed by atoms with Gasteiger partial charge < -0.3 is 10.4 Å². The van der Waals surface area contributed by atoms with E-state index in [4.69, 9.17) is 5.11 Å². The zero-order valence-corrected chi connectivity index (χ0v) is 10.8. The Balaban J connectivity index is 2.80. The molecule has 1 atom stereocenters. The third-order valence-corrected chi connectivity index (χ3v) is 2.57. The van der Waals surface area contributed by atoms with Crippen LogP contribution in [0.25, 0.3) is 6.08 Å². The molecule has 0 unspecified atom stereocenters. The average Bonchev–Trinajstić information content (AvgIpc) is 2.42. The second kappa shape index (κ2) is 7.03. The van der Waals surface area contributed by atoms with E-state index in [2.05, 4.69) is 5.32 Å². The van der Waals surface area contributed by atoms with Crippen LogP contribution >= 0.6 is 0 Å². The number of nitro groups is 1. The van der Waals surface area contributed by atoms with Gasteiger partial charge in [0.15, 0.2) is 0 Å². The highest BCUT2D eigenvalue weighted by molar-refractivity contribution is 5.94. The molecule has 0 saturated carbocycles. The molecule has 0 aliphatic rings. The monoisotopic (exact) mass is 278 g/mol. The number of nitrogens with zero attached hydrogens (tertiary/aromatic N) is 1. The number of hydrogen-bond donors (Lipinski definition) is 2. The van der Waals surface area contributed by atoms with E-state index in [1.807, 2.05) is 0 Å². The van der Waals surface area contributed by atoms with Crippen molar-refractivity contribution in [2.24, 2.45) is 0 Å². The van der Waals surface area contributed by atoms with E-state index in [-0.39, 0.29) is 17.7 Å². The van der Waals surface area contributed by atoms with Gasteiger partial charge in [-0.15, -0.1) is 0 Å². The number of para-hydroxylation sites is 1. The van der Waals surface area contributed by atoms with Crippen LogP contribution < -0.4 is 5.32 Å². The molecule has 1 aromatic carbocycles. The normalized spacial score (nSPS) is 12.1. The Morgan fingerprint density at radius 1 is 1.45 bits per heavy atom. The Morgan fingerprint density at radius 2 is 2.10 bits per heavy atom. The van der Waals surface area contributed by atoms with Gasteiger partial charge in [-0.2, -0.15) is 0 Å². The summed E-state index contributed by atoms with van der Waals surface area (Å²) in [5.74, 6) is -1.74. The number of rotatable bonds is 6. The maximum absolute atomic E-state index is 11.5. The number of aliphatic carboxylic acids is 1. The molecule has 0 fully saturated rings. The van der Waals surface area contributed by atoms with Crippen LogP contribution in [0.3, 0.4) is 0 Å². The number of nitro benzene ring substituents is 1. The molecule has 1 aromatic rings. The minimum Gasteiger partial charge on any atom is -0.480 e. The van der Waals surface area contributed by atoms with E-state index in [0.29, 0.717) is 0 Å². The van der Waals surface area contributed by atoms with E-state index in [0.717, 1.165) is 6.08 Å². The van der Waals surface area contributed by atoms with Gasteiger partial charge in [-0.3, -0.25) is 14.9 Å². The summed E-state index contributed by atoms with van der Waals surface area (Å²) >= 11 is 0. The molecule has 20 heavy (non-hydrogen) atoms. The Hall–Kier alpha value is -2.70.